The number of rotatable bonds is 3. The van der Waals surface area contributed by atoms with Gasteiger partial charge in [0.05, 0.1) is 5.92 Å². The number of hydrogen-bond donors (Lipinski definition) is 1. The summed E-state index contributed by atoms with van der Waals surface area (Å²) in [6, 6.07) is 0. The molecule has 7 heteroatoms. The van der Waals surface area contributed by atoms with E-state index in [-0.39, 0.29) is 12.2 Å². The minimum absolute atomic E-state index is 0.0303. The molecule has 19 heavy (non-hydrogen) atoms. The fourth-order valence-electron chi connectivity index (χ4n) is 2.18. The van der Waals surface area contributed by atoms with E-state index in [9.17, 15) is 18.0 Å². The van der Waals surface area contributed by atoms with Crippen molar-refractivity contribution in [2.45, 2.75) is 52.4 Å². The second-order valence-electron chi connectivity index (χ2n) is 5.67. The third-order valence-corrected chi connectivity index (χ3v) is 3.06. The van der Waals surface area contributed by atoms with E-state index in [0.717, 1.165) is 0 Å². The molecule has 1 rings (SSSR count). The van der Waals surface area contributed by atoms with E-state index in [1.807, 2.05) is 0 Å². The van der Waals surface area contributed by atoms with Crippen LogP contribution in [0.25, 0.3) is 0 Å². The van der Waals surface area contributed by atoms with Crippen LogP contribution in [-0.4, -0.2) is 31.7 Å². The lowest BCUT2D eigenvalue weighted by Gasteiger charge is -2.38. The highest BCUT2D eigenvalue weighted by Crippen LogP contribution is 2.31. The molecule has 0 spiro atoms. The number of hydrogen-bond acceptors (Lipinski definition) is 4. The molecular formula is C12H20F3NO3. The second kappa shape index (κ2) is 5.76. The number of methoxy groups -OCH3 is 1. The Morgan fingerprint density at radius 2 is 1.79 bits per heavy atom. The predicted molar refractivity (Wildman–Crippen MR) is 62.0 cm³/mol. The van der Waals surface area contributed by atoms with Gasteiger partial charge in [0.1, 0.15) is 18.2 Å². The van der Waals surface area contributed by atoms with E-state index >= 15 is 0 Å². The van der Waals surface area contributed by atoms with Crippen LogP contribution in [0.15, 0.2) is 0 Å². The summed E-state index contributed by atoms with van der Waals surface area (Å²) in [5.74, 6) is -0.490. The van der Waals surface area contributed by atoms with Crippen molar-refractivity contribution in [1.29, 1.82) is 0 Å². The summed E-state index contributed by atoms with van der Waals surface area (Å²) in [6.07, 6.45) is -6.20. The number of alkyl halides is 3. The smallest absolute Gasteiger partial charge is 0.366 e. The largest absolute Gasteiger partial charge is 0.524 e. The van der Waals surface area contributed by atoms with E-state index < -0.39 is 30.2 Å². The lowest BCUT2D eigenvalue weighted by atomic mass is 9.79. The highest BCUT2D eigenvalue weighted by molar-refractivity contribution is 5.86. The molecule has 0 aromatic rings. The van der Waals surface area contributed by atoms with Crippen LogP contribution in [0, 0.1) is 11.3 Å². The van der Waals surface area contributed by atoms with Crippen molar-refractivity contribution < 1.29 is 27.4 Å². The second-order valence-corrected chi connectivity index (χ2v) is 5.67. The molecule has 1 N–H and O–H groups in total. The van der Waals surface area contributed by atoms with Crippen molar-refractivity contribution >= 4 is 5.78 Å². The summed E-state index contributed by atoms with van der Waals surface area (Å²) in [6.45, 7) is 5.33. The van der Waals surface area contributed by atoms with Gasteiger partial charge in [-0.25, -0.2) is 0 Å². The number of halogens is 3. The van der Waals surface area contributed by atoms with Crippen LogP contribution in [-0.2, 0) is 14.3 Å². The zero-order chi connectivity index (χ0) is 14.8. The molecule has 0 aromatic heterocycles. The molecule has 0 amide bonds. The Kier molecular flexibility index (Phi) is 4.97. The van der Waals surface area contributed by atoms with Gasteiger partial charge >= 0.3 is 6.36 Å². The zero-order valence-electron chi connectivity index (χ0n) is 11.5. The van der Waals surface area contributed by atoms with Crippen LogP contribution >= 0.6 is 0 Å². The summed E-state index contributed by atoms with van der Waals surface area (Å²) < 4.78 is 45.4. The molecule has 0 aliphatic carbocycles. The highest BCUT2D eigenvalue weighted by atomic mass is 19.4. The van der Waals surface area contributed by atoms with Crippen LogP contribution in [0.5, 0.6) is 0 Å². The lowest BCUT2D eigenvalue weighted by molar-refractivity contribution is -0.352. The van der Waals surface area contributed by atoms with Gasteiger partial charge in [-0.1, -0.05) is 20.8 Å². The minimum atomic E-state index is -4.70. The van der Waals surface area contributed by atoms with Gasteiger partial charge in [-0.15, -0.1) is 13.2 Å². The number of carbonyl (C=O) groups excluding carboxylic acids is 1. The quantitative estimate of drug-likeness (QED) is 0.864. The van der Waals surface area contributed by atoms with Crippen molar-refractivity contribution in [3.8, 4) is 0 Å². The first-order valence-corrected chi connectivity index (χ1v) is 6.12. The van der Waals surface area contributed by atoms with E-state index in [4.69, 9.17) is 4.74 Å². The fourth-order valence-corrected chi connectivity index (χ4v) is 2.18. The SMILES string of the molecule is COC1NC(OC(F)(F)F)CCC1C(=O)C(C)(C)C. The first kappa shape index (κ1) is 16.4. The maximum absolute atomic E-state index is 12.2. The molecule has 0 bridgehead atoms. The summed E-state index contributed by atoms with van der Waals surface area (Å²) in [4.78, 5) is 12.2. The summed E-state index contributed by atoms with van der Waals surface area (Å²) in [5.41, 5.74) is -0.555. The third-order valence-electron chi connectivity index (χ3n) is 3.06. The van der Waals surface area contributed by atoms with Crippen molar-refractivity contribution in [2.75, 3.05) is 7.11 Å². The van der Waals surface area contributed by atoms with Gasteiger partial charge in [-0.05, 0) is 12.8 Å². The van der Waals surface area contributed by atoms with Gasteiger partial charge < -0.3 is 4.74 Å². The van der Waals surface area contributed by atoms with Crippen molar-refractivity contribution in [3.63, 3.8) is 0 Å². The first-order valence-electron chi connectivity index (χ1n) is 6.12. The minimum Gasteiger partial charge on any atom is -0.366 e. The number of nitrogens with one attached hydrogen (secondary N) is 1. The Labute approximate surface area is 110 Å². The molecule has 1 fully saturated rings. The van der Waals surface area contributed by atoms with Crippen LogP contribution < -0.4 is 5.32 Å². The summed E-state index contributed by atoms with van der Waals surface area (Å²) in [5, 5.41) is 2.58. The van der Waals surface area contributed by atoms with Crippen molar-refractivity contribution in [2.24, 2.45) is 11.3 Å². The zero-order valence-corrected chi connectivity index (χ0v) is 11.5. The number of ether oxygens (including phenoxy) is 2. The normalized spacial score (nSPS) is 29.3. The molecule has 1 aliphatic heterocycles. The average molecular weight is 283 g/mol. The average Bonchev–Trinajstić information content (AvgIpc) is 2.24. The molecular weight excluding hydrogens is 263 g/mol. The van der Waals surface area contributed by atoms with Crippen molar-refractivity contribution in [1.82, 2.24) is 5.32 Å². The Morgan fingerprint density at radius 1 is 1.21 bits per heavy atom. The van der Waals surface area contributed by atoms with Crippen LogP contribution in [0.3, 0.4) is 0 Å². The molecule has 4 nitrogen and oxygen atoms in total. The molecule has 0 radical (unpaired) electrons. The first-order chi connectivity index (χ1) is 8.54. The molecule has 3 unspecified atom stereocenters. The van der Waals surface area contributed by atoms with E-state index in [0.29, 0.717) is 6.42 Å². The standard InChI is InChI=1S/C12H20F3NO3/c1-11(2,3)9(17)7-5-6-8(16-10(7)18-4)19-12(13,14)15/h7-8,10,16H,5-6H2,1-4H3. The van der Waals surface area contributed by atoms with Crippen LogP contribution in [0.4, 0.5) is 13.2 Å². The van der Waals surface area contributed by atoms with Gasteiger partial charge in [-0.2, -0.15) is 0 Å². The topological polar surface area (TPSA) is 47.6 Å². The number of carbonyl (C=O) groups is 1. The van der Waals surface area contributed by atoms with Gasteiger partial charge in [0.15, 0.2) is 0 Å². The number of ketones is 1. The van der Waals surface area contributed by atoms with Gasteiger partial charge in [0.25, 0.3) is 0 Å². The molecule has 1 heterocycles. The molecule has 1 aliphatic rings. The van der Waals surface area contributed by atoms with Gasteiger partial charge in [0, 0.05) is 12.5 Å². The molecule has 1 saturated heterocycles. The Bertz CT molecular complexity index is 325. The Morgan fingerprint density at radius 3 is 2.21 bits per heavy atom. The van der Waals surface area contributed by atoms with Crippen molar-refractivity contribution in [3.05, 3.63) is 0 Å². The van der Waals surface area contributed by atoms with E-state index in [1.54, 1.807) is 20.8 Å². The highest BCUT2D eigenvalue weighted by Gasteiger charge is 2.42. The van der Waals surface area contributed by atoms with Crippen LogP contribution in [0.1, 0.15) is 33.6 Å². The monoisotopic (exact) mass is 283 g/mol. The molecule has 0 saturated carbocycles. The summed E-state index contributed by atoms with van der Waals surface area (Å²) >= 11 is 0. The van der Waals surface area contributed by atoms with Gasteiger partial charge in [0.2, 0.25) is 0 Å². The van der Waals surface area contributed by atoms with Gasteiger partial charge in [-0.3, -0.25) is 14.8 Å². The van der Waals surface area contributed by atoms with E-state index in [1.165, 1.54) is 7.11 Å². The lowest BCUT2D eigenvalue weighted by Crippen LogP contribution is -2.54. The fraction of sp³-hybridized carbons (Fsp3) is 0.917. The predicted octanol–water partition coefficient (Wildman–Crippen LogP) is 2.44. The maximum Gasteiger partial charge on any atom is 0.524 e. The molecule has 3 atom stereocenters. The van der Waals surface area contributed by atoms with E-state index in [2.05, 4.69) is 10.1 Å². The summed E-state index contributed by atoms with van der Waals surface area (Å²) in [7, 11) is 1.36. The van der Waals surface area contributed by atoms with Crippen LogP contribution in [0.2, 0.25) is 0 Å². The molecule has 0 aromatic carbocycles. The Hall–Kier alpha value is -0.660. The Balaban J connectivity index is 2.69. The number of piperidine rings is 1. The third kappa shape index (κ3) is 4.74. The molecule has 112 valence electrons. The number of Topliss-reactive ketones (excluding diaryl/α,β-unsaturated/α-hetero) is 1. The maximum atomic E-state index is 12.2.